The predicted molar refractivity (Wildman–Crippen MR) is 72.3 cm³/mol. The van der Waals surface area contributed by atoms with Crippen LogP contribution in [0.1, 0.15) is 15.9 Å². The van der Waals surface area contributed by atoms with Crippen LogP contribution in [-0.2, 0) is 0 Å². The van der Waals surface area contributed by atoms with E-state index in [-0.39, 0.29) is 16.9 Å². The molecule has 21 heavy (non-hydrogen) atoms. The van der Waals surface area contributed by atoms with Gasteiger partial charge < -0.3 is 10.4 Å². The maximum atomic E-state index is 13.4. The van der Waals surface area contributed by atoms with Crippen LogP contribution < -0.4 is 5.32 Å². The van der Waals surface area contributed by atoms with E-state index in [0.717, 1.165) is 12.3 Å². The molecule has 0 unspecified atom stereocenters. The average Bonchev–Trinajstić information content (AvgIpc) is 2.43. The summed E-state index contributed by atoms with van der Waals surface area (Å²) in [7, 11) is 0. The minimum Gasteiger partial charge on any atom is -0.478 e. The fourth-order valence-corrected chi connectivity index (χ4v) is 1.68. The summed E-state index contributed by atoms with van der Waals surface area (Å²) in [6, 6.07) is 5.14. The van der Waals surface area contributed by atoms with Gasteiger partial charge in [-0.05, 0) is 19.1 Å². The van der Waals surface area contributed by atoms with Crippen molar-refractivity contribution < 1.29 is 19.2 Å². The highest BCUT2D eigenvalue weighted by molar-refractivity contribution is 5.89. The van der Waals surface area contributed by atoms with Gasteiger partial charge in [-0.2, -0.15) is 0 Å². The van der Waals surface area contributed by atoms with Gasteiger partial charge in [0.05, 0.1) is 10.5 Å². The van der Waals surface area contributed by atoms with Crippen LogP contribution >= 0.6 is 0 Å². The average molecular weight is 291 g/mol. The summed E-state index contributed by atoms with van der Waals surface area (Å²) in [5.74, 6) is -1.94. The SMILES string of the molecule is Cc1c(F)cccc1Nc1ncc(C(=O)O)cc1[N+](=O)[O-]. The number of nitrogens with zero attached hydrogens (tertiary/aromatic N) is 2. The molecule has 7 nitrogen and oxygen atoms in total. The van der Waals surface area contributed by atoms with Crippen molar-refractivity contribution in [2.75, 3.05) is 5.32 Å². The molecule has 2 aromatic rings. The summed E-state index contributed by atoms with van der Waals surface area (Å²) in [5.41, 5.74) is -0.216. The van der Waals surface area contributed by atoms with E-state index in [0.29, 0.717) is 5.69 Å². The third-order valence-corrected chi connectivity index (χ3v) is 2.83. The van der Waals surface area contributed by atoms with Crippen LogP contribution in [0.25, 0.3) is 0 Å². The number of nitrogens with one attached hydrogen (secondary N) is 1. The van der Waals surface area contributed by atoms with Gasteiger partial charge in [-0.15, -0.1) is 0 Å². The predicted octanol–water partition coefficient (Wildman–Crippen LogP) is 2.88. The number of hydrogen-bond donors (Lipinski definition) is 2. The molecular formula is C13H10FN3O4. The molecule has 2 rings (SSSR count). The van der Waals surface area contributed by atoms with Gasteiger partial charge in [0.1, 0.15) is 5.82 Å². The number of rotatable bonds is 4. The Morgan fingerprint density at radius 1 is 1.48 bits per heavy atom. The zero-order chi connectivity index (χ0) is 15.6. The molecule has 0 spiro atoms. The largest absolute Gasteiger partial charge is 0.478 e. The van der Waals surface area contributed by atoms with Gasteiger partial charge in [-0.25, -0.2) is 14.2 Å². The van der Waals surface area contributed by atoms with Gasteiger partial charge >= 0.3 is 11.7 Å². The van der Waals surface area contributed by atoms with Crippen molar-refractivity contribution >= 4 is 23.2 Å². The molecule has 0 aliphatic carbocycles. The quantitative estimate of drug-likeness (QED) is 0.662. The van der Waals surface area contributed by atoms with E-state index < -0.39 is 22.4 Å². The van der Waals surface area contributed by atoms with E-state index >= 15 is 0 Å². The van der Waals surface area contributed by atoms with Crippen molar-refractivity contribution in [2.45, 2.75) is 6.92 Å². The van der Waals surface area contributed by atoms with Crippen LogP contribution in [0.5, 0.6) is 0 Å². The summed E-state index contributed by atoms with van der Waals surface area (Å²) in [6.45, 7) is 1.51. The molecule has 1 heterocycles. The number of halogens is 1. The number of hydrogen-bond acceptors (Lipinski definition) is 5. The molecule has 0 saturated heterocycles. The first kappa shape index (κ1) is 14.4. The topological polar surface area (TPSA) is 105 Å². The van der Waals surface area contributed by atoms with Crippen LogP contribution in [0.3, 0.4) is 0 Å². The fraction of sp³-hybridized carbons (Fsp3) is 0.0769. The third kappa shape index (κ3) is 2.94. The zero-order valence-electron chi connectivity index (χ0n) is 10.8. The Morgan fingerprint density at radius 3 is 2.81 bits per heavy atom. The van der Waals surface area contributed by atoms with Crippen molar-refractivity contribution in [2.24, 2.45) is 0 Å². The van der Waals surface area contributed by atoms with Crippen molar-refractivity contribution in [3.8, 4) is 0 Å². The summed E-state index contributed by atoms with van der Waals surface area (Å²) in [6.07, 6.45) is 0.992. The summed E-state index contributed by atoms with van der Waals surface area (Å²) >= 11 is 0. The molecule has 108 valence electrons. The lowest BCUT2D eigenvalue weighted by atomic mass is 10.2. The van der Waals surface area contributed by atoms with Crippen molar-refractivity contribution in [3.63, 3.8) is 0 Å². The Morgan fingerprint density at radius 2 is 2.19 bits per heavy atom. The number of aromatic carboxylic acids is 1. The van der Waals surface area contributed by atoms with Crippen molar-refractivity contribution in [1.82, 2.24) is 4.98 Å². The molecule has 0 aliphatic rings. The number of carbonyl (C=O) groups is 1. The first-order valence-corrected chi connectivity index (χ1v) is 5.80. The molecule has 1 aromatic carbocycles. The second kappa shape index (κ2) is 5.53. The standard InChI is InChI=1S/C13H10FN3O4/c1-7-9(14)3-2-4-10(7)16-12-11(17(20)21)5-8(6-15-12)13(18)19/h2-6H,1H3,(H,15,16)(H,18,19). The minimum atomic E-state index is -1.32. The van der Waals surface area contributed by atoms with E-state index in [4.69, 9.17) is 5.11 Å². The lowest BCUT2D eigenvalue weighted by Crippen LogP contribution is -2.05. The lowest BCUT2D eigenvalue weighted by Gasteiger charge is -2.09. The van der Waals surface area contributed by atoms with Crippen LogP contribution in [-0.4, -0.2) is 21.0 Å². The number of benzene rings is 1. The summed E-state index contributed by atoms with van der Waals surface area (Å²) < 4.78 is 13.4. The zero-order valence-corrected chi connectivity index (χ0v) is 10.8. The van der Waals surface area contributed by atoms with Crippen LogP contribution in [0.2, 0.25) is 0 Å². The molecule has 0 atom stereocenters. The maximum absolute atomic E-state index is 13.4. The molecular weight excluding hydrogens is 281 g/mol. The van der Waals surface area contributed by atoms with E-state index in [1.165, 1.54) is 25.1 Å². The van der Waals surface area contributed by atoms with E-state index in [2.05, 4.69) is 10.3 Å². The molecule has 8 heteroatoms. The molecule has 0 radical (unpaired) electrons. The second-order valence-electron chi connectivity index (χ2n) is 4.19. The first-order valence-electron chi connectivity index (χ1n) is 5.80. The van der Waals surface area contributed by atoms with Gasteiger partial charge in [0.2, 0.25) is 5.82 Å². The van der Waals surface area contributed by atoms with E-state index in [1.807, 2.05) is 0 Å². The molecule has 1 aromatic heterocycles. The Bertz CT molecular complexity index is 733. The molecule has 0 bridgehead atoms. The van der Waals surface area contributed by atoms with Crippen molar-refractivity contribution in [3.05, 3.63) is 57.5 Å². The Kier molecular flexibility index (Phi) is 3.79. The summed E-state index contributed by atoms with van der Waals surface area (Å²) in [4.78, 5) is 24.8. The van der Waals surface area contributed by atoms with Gasteiger partial charge in [-0.1, -0.05) is 6.07 Å². The number of carboxylic acid groups (broad SMARTS) is 1. The molecule has 2 N–H and O–H groups in total. The smallest absolute Gasteiger partial charge is 0.337 e. The molecule has 0 saturated carbocycles. The summed E-state index contributed by atoms with van der Waals surface area (Å²) in [5, 5.41) is 22.5. The number of pyridine rings is 1. The van der Waals surface area contributed by atoms with E-state index in [9.17, 15) is 19.3 Å². The Balaban J connectivity index is 2.46. The van der Waals surface area contributed by atoms with Gasteiger partial charge in [0.25, 0.3) is 0 Å². The maximum Gasteiger partial charge on any atom is 0.337 e. The monoisotopic (exact) mass is 291 g/mol. The number of nitro groups is 1. The number of anilines is 2. The molecule has 0 aliphatic heterocycles. The molecule has 0 fully saturated rings. The minimum absolute atomic E-state index is 0.154. The first-order chi connectivity index (χ1) is 9.90. The highest BCUT2D eigenvalue weighted by Crippen LogP contribution is 2.28. The lowest BCUT2D eigenvalue weighted by molar-refractivity contribution is -0.384. The van der Waals surface area contributed by atoms with Crippen LogP contribution in [0.4, 0.5) is 21.6 Å². The van der Waals surface area contributed by atoms with E-state index in [1.54, 1.807) is 0 Å². The van der Waals surface area contributed by atoms with Crippen molar-refractivity contribution in [1.29, 1.82) is 0 Å². The second-order valence-corrected chi connectivity index (χ2v) is 4.19. The third-order valence-electron chi connectivity index (χ3n) is 2.83. The Hall–Kier alpha value is -3.03. The fourth-order valence-electron chi connectivity index (χ4n) is 1.68. The number of carboxylic acids is 1. The normalized spacial score (nSPS) is 10.2. The van der Waals surface area contributed by atoms with Gasteiger partial charge in [0.15, 0.2) is 0 Å². The highest BCUT2D eigenvalue weighted by atomic mass is 19.1. The Labute approximate surface area is 118 Å². The number of aromatic nitrogens is 1. The van der Waals surface area contributed by atoms with Crippen LogP contribution in [0, 0.1) is 22.9 Å². The molecule has 0 amide bonds. The van der Waals surface area contributed by atoms with Crippen LogP contribution in [0.15, 0.2) is 30.5 Å². The highest BCUT2D eigenvalue weighted by Gasteiger charge is 2.19. The van der Waals surface area contributed by atoms with Gasteiger partial charge in [-0.3, -0.25) is 10.1 Å². The van der Waals surface area contributed by atoms with Gasteiger partial charge in [0, 0.05) is 23.5 Å².